The predicted molar refractivity (Wildman–Crippen MR) is 102 cm³/mol. The number of morpholine rings is 1. The van der Waals surface area contributed by atoms with Gasteiger partial charge in [-0.2, -0.15) is 4.31 Å². The van der Waals surface area contributed by atoms with Crippen LogP contribution in [0.3, 0.4) is 0 Å². The van der Waals surface area contributed by atoms with Gasteiger partial charge in [-0.15, -0.1) is 0 Å². The van der Waals surface area contributed by atoms with Crippen molar-refractivity contribution in [1.82, 2.24) is 14.8 Å². The fourth-order valence-corrected chi connectivity index (χ4v) is 4.70. The molecule has 1 N–H and O–H groups in total. The summed E-state index contributed by atoms with van der Waals surface area (Å²) >= 11 is 0. The summed E-state index contributed by atoms with van der Waals surface area (Å²) in [5.74, 6) is 0.115. The molecule has 1 aliphatic rings. The van der Waals surface area contributed by atoms with Gasteiger partial charge in [-0.25, -0.2) is 8.42 Å². The third-order valence-electron chi connectivity index (χ3n) is 4.91. The zero-order valence-electron chi connectivity index (χ0n) is 16.3. The lowest BCUT2D eigenvalue weighted by Crippen LogP contribution is -2.40. The number of aromatic nitrogens is 1. The second-order valence-corrected chi connectivity index (χ2v) is 8.78. The first-order valence-electron chi connectivity index (χ1n) is 9.18. The number of amides is 1. The average molecular weight is 407 g/mol. The van der Waals surface area contributed by atoms with Crippen LogP contribution in [0.25, 0.3) is 0 Å². The fourth-order valence-electron chi connectivity index (χ4n) is 3.30. The Morgan fingerprint density at radius 2 is 1.86 bits per heavy atom. The van der Waals surface area contributed by atoms with E-state index >= 15 is 0 Å². The number of ether oxygens (including phenoxy) is 1. The molecule has 0 aliphatic carbocycles. The second kappa shape index (κ2) is 8.42. The first-order valence-corrected chi connectivity index (χ1v) is 10.6. The molecule has 28 heavy (non-hydrogen) atoms. The first-order chi connectivity index (χ1) is 13.3. The Bertz CT molecular complexity index is 911. The van der Waals surface area contributed by atoms with Crippen LogP contribution in [0, 0.1) is 13.8 Å². The lowest BCUT2D eigenvalue weighted by atomic mass is 9.98. The van der Waals surface area contributed by atoms with E-state index in [4.69, 9.17) is 9.26 Å². The molecule has 0 spiro atoms. The van der Waals surface area contributed by atoms with Gasteiger partial charge < -0.3 is 14.6 Å². The summed E-state index contributed by atoms with van der Waals surface area (Å²) < 4.78 is 37.0. The minimum Gasteiger partial charge on any atom is -0.379 e. The van der Waals surface area contributed by atoms with Gasteiger partial charge in [-0.3, -0.25) is 4.79 Å². The predicted octanol–water partition coefficient (Wildman–Crippen LogP) is 1.73. The Labute approximate surface area is 164 Å². The summed E-state index contributed by atoms with van der Waals surface area (Å²) in [6.45, 7) is 7.25. The number of hydrogen-bond donors (Lipinski definition) is 1. The summed E-state index contributed by atoms with van der Waals surface area (Å²) in [7, 11) is -3.51. The molecular formula is C19H25N3O5S. The third kappa shape index (κ3) is 4.26. The van der Waals surface area contributed by atoms with E-state index in [1.54, 1.807) is 38.1 Å². The highest BCUT2D eigenvalue weighted by atomic mass is 32.2. The average Bonchev–Trinajstić information content (AvgIpc) is 3.04. The van der Waals surface area contributed by atoms with Crippen molar-refractivity contribution in [2.45, 2.75) is 38.1 Å². The van der Waals surface area contributed by atoms with Crippen LogP contribution in [0.4, 0.5) is 0 Å². The first kappa shape index (κ1) is 20.5. The highest BCUT2D eigenvalue weighted by molar-refractivity contribution is 7.89. The third-order valence-corrected chi connectivity index (χ3v) is 6.83. The van der Waals surface area contributed by atoms with Crippen molar-refractivity contribution in [2.24, 2.45) is 0 Å². The summed E-state index contributed by atoms with van der Waals surface area (Å²) in [4.78, 5) is 12.7. The van der Waals surface area contributed by atoms with Crippen LogP contribution < -0.4 is 5.32 Å². The van der Waals surface area contributed by atoms with Crippen molar-refractivity contribution in [2.75, 3.05) is 26.3 Å². The van der Waals surface area contributed by atoms with E-state index in [9.17, 15) is 13.2 Å². The molecule has 3 rings (SSSR count). The van der Waals surface area contributed by atoms with Gasteiger partial charge in [0.05, 0.1) is 29.7 Å². The zero-order valence-corrected chi connectivity index (χ0v) is 17.1. The van der Waals surface area contributed by atoms with Gasteiger partial charge in [-0.1, -0.05) is 17.3 Å². The van der Waals surface area contributed by atoms with Crippen LogP contribution in [-0.4, -0.2) is 50.1 Å². The minimum absolute atomic E-state index is 0.139. The van der Waals surface area contributed by atoms with Crippen molar-refractivity contribution in [3.05, 3.63) is 46.8 Å². The zero-order chi connectivity index (χ0) is 20.3. The van der Waals surface area contributed by atoms with Gasteiger partial charge in [0.2, 0.25) is 15.9 Å². The molecule has 1 fully saturated rings. The Hall–Kier alpha value is -2.23. The standard InChI is InChI=1S/C19H25N3O5S/c1-13(18-14(2)21-27-15(18)3)19(23)20-12-16-4-6-17(7-5-16)28(24,25)22-8-10-26-11-9-22/h4-7,13H,8-12H2,1-3H3,(H,20,23). The van der Waals surface area contributed by atoms with E-state index < -0.39 is 10.0 Å². The van der Waals surface area contributed by atoms with E-state index in [-0.39, 0.29) is 16.7 Å². The molecule has 2 aromatic rings. The SMILES string of the molecule is Cc1noc(C)c1C(C)C(=O)NCc1ccc(S(=O)(=O)N2CCOCC2)cc1. The summed E-state index contributed by atoms with van der Waals surface area (Å²) in [6.07, 6.45) is 0. The molecule has 0 saturated carbocycles. The van der Waals surface area contributed by atoms with Gasteiger partial charge in [-0.05, 0) is 38.5 Å². The molecule has 1 aliphatic heterocycles. The van der Waals surface area contributed by atoms with Gasteiger partial charge in [0.1, 0.15) is 5.76 Å². The molecule has 1 unspecified atom stereocenters. The van der Waals surface area contributed by atoms with Gasteiger partial charge >= 0.3 is 0 Å². The second-order valence-electron chi connectivity index (χ2n) is 6.84. The monoisotopic (exact) mass is 407 g/mol. The van der Waals surface area contributed by atoms with Crippen LogP contribution in [0.15, 0.2) is 33.7 Å². The Morgan fingerprint density at radius 1 is 1.21 bits per heavy atom. The molecule has 0 radical (unpaired) electrons. The number of benzene rings is 1. The van der Waals surface area contributed by atoms with E-state index in [0.29, 0.717) is 44.3 Å². The maximum absolute atomic E-state index is 12.6. The molecule has 1 aromatic heterocycles. The van der Waals surface area contributed by atoms with E-state index in [2.05, 4.69) is 10.5 Å². The number of carbonyl (C=O) groups excluding carboxylic acids is 1. The van der Waals surface area contributed by atoms with Gasteiger partial charge in [0, 0.05) is 25.2 Å². The molecule has 1 amide bonds. The number of hydrogen-bond acceptors (Lipinski definition) is 6. The Kier molecular flexibility index (Phi) is 6.17. The molecule has 9 heteroatoms. The maximum Gasteiger partial charge on any atom is 0.243 e. The van der Waals surface area contributed by atoms with Crippen molar-refractivity contribution in [1.29, 1.82) is 0 Å². The molecule has 1 aromatic carbocycles. The number of nitrogens with zero attached hydrogens (tertiary/aromatic N) is 2. The number of nitrogens with one attached hydrogen (secondary N) is 1. The van der Waals surface area contributed by atoms with E-state index in [1.165, 1.54) is 4.31 Å². The van der Waals surface area contributed by atoms with Crippen molar-refractivity contribution >= 4 is 15.9 Å². The largest absolute Gasteiger partial charge is 0.379 e. The van der Waals surface area contributed by atoms with Crippen LogP contribution in [0.1, 0.15) is 35.4 Å². The normalized spacial score (nSPS) is 16.7. The fraction of sp³-hybridized carbons (Fsp3) is 0.474. The smallest absolute Gasteiger partial charge is 0.243 e. The summed E-state index contributed by atoms with van der Waals surface area (Å²) in [5.41, 5.74) is 2.32. The molecule has 2 heterocycles. The van der Waals surface area contributed by atoms with E-state index in [1.807, 2.05) is 6.92 Å². The minimum atomic E-state index is -3.51. The molecule has 0 bridgehead atoms. The van der Waals surface area contributed by atoms with Gasteiger partial charge in [0.15, 0.2) is 0 Å². The molecule has 8 nitrogen and oxygen atoms in total. The molecular weight excluding hydrogens is 382 g/mol. The maximum atomic E-state index is 12.6. The van der Waals surface area contributed by atoms with E-state index in [0.717, 1.165) is 11.1 Å². The number of carbonyl (C=O) groups is 1. The van der Waals surface area contributed by atoms with Crippen LogP contribution >= 0.6 is 0 Å². The van der Waals surface area contributed by atoms with Crippen molar-refractivity contribution < 1.29 is 22.5 Å². The lowest BCUT2D eigenvalue weighted by molar-refractivity contribution is -0.122. The number of rotatable bonds is 6. The summed E-state index contributed by atoms with van der Waals surface area (Å²) in [5, 5.41) is 6.76. The van der Waals surface area contributed by atoms with Gasteiger partial charge in [0.25, 0.3) is 0 Å². The van der Waals surface area contributed by atoms with Crippen molar-refractivity contribution in [3.63, 3.8) is 0 Å². The highest BCUT2D eigenvalue weighted by Gasteiger charge is 2.26. The molecule has 1 saturated heterocycles. The Balaban J connectivity index is 1.62. The quantitative estimate of drug-likeness (QED) is 0.783. The van der Waals surface area contributed by atoms with Crippen LogP contribution in [0.2, 0.25) is 0 Å². The van der Waals surface area contributed by atoms with Crippen molar-refractivity contribution in [3.8, 4) is 0 Å². The Morgan fingerprint density at radius 3 is 2.43 bits per heavy atom. The summed E-state index contributed by atoms with van der Waals surface area (Å²) in [6, 6.07) is 6.58. The van der Waals surface area contributed by atoms with Crippen LogP contribution in [0.5, 0.6) is 0 Å². The number of aryl methyl sites for hydroxylation is 2. The topological polar surface area (TPSA) is 102 Å². The number of sulfonamides is 1. The molecule has 1 atom stereocenters. The van der Waals surface area contributed by atoms with Crippen LogP contribution in [-0.2, 0) is 26.1 Å². The highest BCUT2D eigenvalue weighted by Crippen LogP contribution is 2.23. The molecule has 152 valence electrons. The lowest BCUT2D eigenvalue weighted by Gasteiger charge is -2.26.